The van der Waals surface area contributed by atoms with Crippen molar-refractivity contribution in [2.45, 2.75) is 25.8 Å². The average molecular weight is 371 g/mol. The van der Waals surface area contributed by atoms with E-state index in [0.29, 0.717) is 29.7 Å². The molecule has 0 saturated carbocycles. The van der Waals surface area contributed by atoms with Gasteiger partial charge < -0.3 is 14.3 Å². The van der Waals surface area contributed by atoms with E-state index in [1.807, 2.05) is 4.90 Å². The number of nitrogens with zero attached hydrogens (tertiary/aromatic N) is 6. The maximum atomic E-state index is 13.4. The standard InChI is InChI=1S/C17H15F2N7O/c1-9-22-23-17(27-9)25-6-5-11-14(21-8-20-11)15(25)12-7-10-3-2-4-13(16(18)19)26(10)24-12/h2-4,7-8,15-16H,5-6H2,1H3,(H,20,21). The van der Waals surface area contributed by atoms with Gasteiger partial charge >= 0.3 is 6.01 Å². The number of pyridine rings is 1. The predicted molar refractivity (Wildman–Crippen MR) is 90.7 cm³/mol. The Kier molecular flexibility index (Phi) is 3.46. The summed E-state index contributed by atoms with van der Waals surface area (Å²) >= 11 is 0. The van der Waals surface area contributed by atoms with E-state index in [-0.39, 0.29) is 5.69 Å². The lowest BCUT2D eigenvalue weighted by atomic mass is 10.0. The molecule has 10 heteroatoms. The molecule has 0 bridgehead atoms. The lowest BCUT2D eigenvalue weighted by Crippen LogP contribution is -2.37. The summed E-state index contributed by atoms with van der Waals surface area (Å²) in [6, 6.07) is 6.45. The molecule has 1 atom stereocenters. The first-order valence-electron chi connectivity index (χ1n) is 8.47. The molecule has 1 aliphatic rings. The normalized spacial score (nSPS) is 17.0. The van der Waals surface area contributed by atoms with Crippen molar-refractivity contribution in [3.63, 3.8) is 0 Å². The number of aryl methyl sites for hydroxylation is 1. The number of halogens is 2. The van der Waals surface area contributed by atoms with Crippen LogP contribution < -0.4 is 4.90 Å². The Morgan fingerprint density at radius 3 is 2.96 bits per heavy atom. The first-order valence-corrected chi connectivity index (χ1v) is 8.47. The Hall–Kier alpha value is -3.30. The monoisotopic (exact) mass is 371 g/mol. The first kappa shape index (κ1) is 15.9. The van der Waals surface area contributed by atoms with Gasteiger partial charge in [0.2, 0.25) is 5.89 Å². The van der Waals surface area contributed by atoms with Crippen molar-refractivity contribution in [1.29, 1.82) is 0 Å². The number of aromatic amines is 1. The lowest BCUT2D eigenvalue weighted by Gasteiger charge is -2.32. The third kappa shape index (κ3) is 2.47. The highest BCUT2D eigenvalue weighted by atomic mass is 19.3. The molecule has 1 unspecified atom stereocenters. The third-order valence-electron chi connectivity index (χ3n) is 4.72. The molecule has 0 spiro atoms. The van der Waals surface area contributed by atoms with Gasteiger partial charge in [0.25, 0.3) is 6.43 Å². The first-order chi connectivity index (χ1) is 13.1. The van der Waals surface area contributed by atoms with Crippen molar-refractivity contribution >= 4 is 11.5 Å². The average Bonchev–Trinajstić information content (AvgIpc) is 3.38. The van der Waals surface area contributed by atoms with Gasteiger partial charge in [-0.2, -0.15) is 5.10 Å². The highest BCUT2D eigenvalue weighted by Crippen LogP contribution is 2.36. The van der Waals surface area contributed by atoms with Crippen LogP contribution in [0, 0.1) is 6.92 Å². The van der Waals surface area contributed by atoms with Crippen LogP contribution in [0.3, 0.4) is 0 Å². The van der Waals surface area contributed by atoms with Crippen LogP contribution in [0.5, 0.6) is 0 Å². The van der Waals surface area contributed by atoms with Crippen LogP contribution in [0.4, 0.5) is 14.8 Å². The molecule has 8 nitrogen and oxygen atoms in total. The van der Waals surface area contributed by atoms with E-state index in [9.17, 15) is 8.78 Å². The van der Waals surface area contributed by atoms with Gasteiger partial charge in [-0.1, -0.05) is 11.2 Å². The molecular formula is C17H15F2N7O. The summed E-state index contributed by atoms with van der Waals surface area (Å²) in [6.07, 6.45) is -0.271. The molecule has 0 aromatic carbocycles. The zero-order valence-electron chi connectivity index (χ0n) is 14.3. The zero-order chi connectivity index (χ0) is 18.5. The second-order valence-electron chi connectivity index (χ2n) is 6.37. The Bertz CT molecular complexity index is 1120. The summed E-state index contributed by atoms with van der Waals surface area (Å²) in [6.45, 7) is 2.33. The summed E-state index contributed by atoms with van der Waals surface area (Å²) in [5.41, 5.74) is 2.79. The van der Waals surface area contributed by atoms with E-state index in [1.165, 1.54) is 10.6 Å². The Labute approximate surface area is 151 Å². The molecular weight excluding hydrogens is 356 g/mol. The quantitative estimate of drug-likeness (QED) is 0.596. The van der Waals surface area contributed by atoms with Crippen LogP contribution in [0.2, 0.25) is 0 Å². The van der Waals surface area contributed by atoms with Gasteiger partial charge in [0.15, 0.2) is 0 Å². The van der Waals surface area contributed by atoms with E-state index in [2.05, 4.69) is 25.3 Å². The third-order valence-corrected chi connectivity index (χ3v) is 4.72. The number of nitrogens with one attached hydrogen (secondary N) is 1. The number of alkyl halides is 2. The van der Waals surface area contributed by atoms with Crippen molar-refractivity contribution in [1.82, 2.24) is 29.8 Å². The molecule has 0 saturated heterocycles. The molecule has 4 aromatic rings. The van der Waals surface area contributed by atoms with Gasteiger partial charge in [-0.05, 0) is 18.2 Å². The topological polar surface area (TPSA) is 88.1 Å². The number of fused-ring (bicyclic) bond motifs is 2. The molecule has 138 valence electrons. The molecule has 0 aliphatic carbocycles. The molecule has 1 N–H and O–H groups in total. The van der Waals surface area contributed by atoms with Crippen LogP contribution in [0.15, 0.2) is 35.0 Å². The number of hydrogen-bond donors (Lipinski definition) is 1. The van der Waals surface area contributed by atoms with Gasteiger partial charge in [0.05, 0.1) is 23.2 Å². The van der Waals surface area contributed by atoms with E-state index in [4.69, 9.17) is 4.42 Å². The van der Waals surface area contributed by atoms with Gasteiger partial charge in [-0.25, -0.2) is 18.3 Å². The van der Waals surface area contributed by atoms with Gasteiger partial charge in [-0.15, -0.1) is 5.10 Å². The number of H-pyrrole nitrogens is 1. The number of hydrogen-bond acceptors (Lipinski definition) is 6. The van der Waals surface area contributed by atoms with Gasteiger partial charge in [-0.3, -0.25) is 0 Å². The molecule has 27 heavy (non-hydrogen) atoms. The summed E-state index contributed by atoms with van der Waals surface area (Å²) in [4.78, 5) is 9.49. The van der Waals surface area contributed by atoms with E-state index < -0.39 is 12.5 Å². The fourth-order valence-corrected chi connectivity index (χ4v) is 3.54. The van der Waals surface area contributed by atoms with Crippen molar-refractivity contribution in [3.05, 3.63) is 59.3 Å². The smallest absolute Gasteiger partial charge is 0.319 e. The fraction of sp³-hybridized carbons (Fsp3) is 0.294. The molecule has 0 amide bonds. The largest absolute Gasteiger partial charge is 0.408 e. The summed E-state index contributed by atoms with van der Waals surface area (Å²) in [5, 5.41) is 12.5. The van der Waals surface area contributed by atoms with Gasteiger partial charge in [0.1, 0.15) is 11.7 Å². The second-order valence-corrected chi connectivity index (χ2v) is 6.37. The van der Waals surface area contributed by atoms with E-state index in [1.54, 1.807) is 31.5 Å². The SMILES string of the molecule is Cc1nnc(N2CCc3[nH]cnc3C2c2cc3cccc(C(F)F)n3n2)o1. The zero-order valence-corrected chi connectivity index (χ0v) is 14.3. The summed E-state index contributed by atoms with van der Waals surface area (Å²) in [5.74, 6) is 0.451. The van der Waals surface area contributed by atoms with Crippen LogP contribution in [0.25, 0.3) is 5.52 Å². The predicted octanol–water partition coefficient (Wildman–Crippen LogP) is 2.84. The minimum absolute atomic E-state index is 0.156. The van der Waals surface area contributed by atoms with E-state index in [0.717, 1.165) is 17.8 Å². The number of imidazole rings is 1. The van der Waals surface area contributed by atoms with Crippen molar-refractivity contribution in [2.75, 3.05) is 11.4 Å². The van der Waals surface area contributed by atoms with Gasteiger partial charge in [0, 0.05) is 25.6 Å². The molecule has 5 rings (SSSR count). The number of aromatic nitrogens is 6. The van der Waals surface area contributed by atoms with Crippen LogP contribution in [-0.4, -0.2) is 36.3 Å². The maximum absolute atomic E-state index is 13.4. The van der Waals surface area contributed by atoms with Crippen LogP contribution >= 0.6 is 0 Å². The number of anilines is 1. The molecule has 0 fully saturated rings. The van der Waals surface area contributed by atoms with Crippen molar-refractivity contribution < 1.29 is 13.2 Å². The highest BCUT2D eigenvalue weighted by molar-refractivity contribution is 5.53. The second kappa shape index (κ2) is 5.86. The minimum Gasteiger partial charge on any atom is -0.408 e. The molecule has 0 radical (unpaired) electrons. The molecule has 1 aliphatic heterocycles. The van der Waals surface area contributed by atoms with E-state index >= 15 is 0 Å². The molecule has 4 aromatic heterocycles. The fourth-order valence-electron chi connectivity index (χ4n) is 3.54. The highest BCUT2D eigenvalue weighted by Gasteiger charge is 2.36. The lowest BCUT2D eigenvalue weighted by molar-refractivity contribution is 0.143. The number of rotatable bonds is 3. The van der Waals surface area contributed by atoms with Crippen LogP contribution in [0.1, 0.15) is 41.1 Å². The summed E-state index contributed by atoms with van der Waals surface area (Å²) in [7, 11) is 0. The molecule has 5 heterocycles. The van der Waals surface area contributed by atoms with Crippen molar-refractivity contribution in [3.8, 4) is 0 Å². The maximum Gasteiger partial charge on any atom is 0.319 e. The Morgan fingerprint density at radius 2 is 2.19 bits per heavy atom. The summed E-state index contributed by atoms with van der Waals surface area (Å²) < 4.78 is 33.6. The Morgan fingerprint density at radius 1 is 1.30 bits per heavy atom. The van der Waals surface area contributed by atoms with Crippen molar-refractivity contribution in [2.24, 2.45) is 0 Å². The Balaban J connectivity index is 1.68. The van der Waals surface area contributed by atoms with Crippen LogP contribution in [-0.2, 0) is 6.42 Å². The minimum atomic E-state index is -2.62.